The van der Waals surface area contributed by atoms with E-state index >= 15 is 0 Å². The summed E-state index contributed by atoms with van der Waals surface area (Å²) in [6.45, 7) is 5.89. The Hall–Kier alpha value is -1.55. The number of ether oxygens (including phenoxy) is 1. The molecule has 1 aromatic rings. The Morgan fingerprint density at radius 3 is 2.39 bits per heavy atom. The fourth-order valence-electron chi connectivity index (χ4n) is 3.30. The Morgan fingerprint density at radius 2 is 1.87 bits per heavy atom. The van der Waals surface area contributed by atoms with Crippen LogP contribution in [-0.4, -0.2) is 37.0 Å². The van der Waals surface area contributed by atoms with Crippen molar-refractivity contribution in [2.24, 2.45) is 17.6 Å². The predicted octanol–water partition coefficient (Wildman–Crippen LogP) is 2.85. The highest BCUT2D eigenvalue weighted by Crippen LogP contribution is 2.23. The molecule has 0 radical (unpaired) electrons. The summed E-state index contributed by atoms with van der Waals surface area (Å²) < 4.78 is 5.19. The fraction of sp³-hybridized carbons (Fsp3) is 0.632. The van der Waals surface area contributed by atoms with Crippen molar-refractivity contribution in [2.45, 2.75) is 45.6 Å². The maximum absolute atomic E-state index is 12.4. The lowest BCUT2D eigenvalue weighted by atomic mass is 9.89. The lowest BCUT2D eigenvalue weighted by Crippen LogP contribution is -2.47. The average molecular weight is 318 g/mol. The van der Waals surface area contributed by atoms with Gasteiger partial charge in [-0.1, -0.05) is 26.0 Å². The normalized spacial score (nSPS) is 17.3. The number of piperidine rings is 1. The highest BCUT2D eigenvalue weighted by molar-refractivity contribution is 5.81. The van der Waals surface area contributed by atoms with Gasteiger partial charge in [0.05, 0.1) is 13.2 Å². The van der Waals surface area contributed by atoms with Crippen LogP contribution in [0.2, 0.25) is 0 Å². The zero-order chi connectivity index (χ0) is 16.8. The molecule has 1 aliphatic rings. The van der Waals surface area contributed by atoms with Crippen molar-refractivity contribution in [3.8, 4) is 5.75 Å². The quantitative estimate of drug-likeness (QED) is 0.877. The van der Waals surface area contributed by atoms with Gasteiger partial charge >= 0.3 is 0 Å². The summed E-state index contributed by atoms with van der Waals surface area (Å²) in [5.74, 6) is 2.13. The van der Waals surface area contributed by atoms with Gasteiger partial charge in [-0.25, -0.2) is 0 Å². The van der Waals surface area contributed by atoms with E-state index in [1.807, 2.05) is 17.0 Å². The Bertz CT molecular complexity index is 491. The second-order valence-corrected chi connectivity index (χ2v) is 7.06. The Labute approximate surface area is 140 Å². The standard InChI is InChI=1S/C19H30N2O2/c1-14(2)12-18(20)19(22)21-10-8-16(9-11-21)13-15-4-6-17(23-3)7-5-15/h4-7,14,16,18H,8-13,20H2,1-3H3/t18-/m0/s1. The SMILES string of the molecule is COc1ccc(CC2CCN(C(=O)[C@@H](N)CC(C)C)CC2)cc1. The van der Waals surface area contributed by atoms with Crippen molar-refractivity contribution in [3.63, 3.8) is 0 Å². The smallest absolute Gasteiger partial charge is 0.239 e. The molecule has 0 bridgehead atoms. The van der Waals surface area contributed by atoms with E-state index in [9.17, 15) is 4.79 Å². The van der Waals surface area contributed by atoms with Gasteiger partial charge in [-0.15, -0.1) is 0 Å². The van der Waals surface area contributed by atoms with E-state index in [4.69, 9.17) is 10.5 Å². The number of hydrogen-bond acceptors (Lipinski definition) is 3. The topological polar surface area (TPSA) is 55.6 Å². The van der Waals surface area contributed by atoms with Crippen molar-refractivity contribution < 1.29 is 9.53 Å². The molecule has 0 aromatic heterocycles. The molecule has 1 saturated heterocycles. The third kappa shape index (κ3) is 5.24. The van der Waals surface area contributed by atoms with Crippen LogP contribution in [0.3, 0.4) is 0 Å². The van der Waals surface area contributed by atoms with Gasteiger partial charge in [0.1, 0.15) is 5.75 Å². The van der Waals surface area contributed by atoms with Crippen LogP contribution in [0, 0.1) is 11.8 Å². The summed E-state index contributed by atoms with van der Waals surface area (Å²) >= 11 is 0. The Balaban J connectivity index is 1.80. The maximum atomic E-state index is 12.4. The van der Waals surface area contributed by atoms with Crippen molar-refractivity contribution in [2.75, 3.05) is 20.2 Å². The largest absolute Gasteiger partial charge is 0.497 e. The molecular formula is C19H30N2O2. The average Bonchev–Trinajstić information content (AvgIpc) is 2.55. The monoisotopic (exact) mass is 318 g/mol. The lowest BCUT2D eigenvalue weighted by Gasteiger charge is -2.34. The number of hydrogen-bond donors (Lipinski definition) is 1. The first kappa shape index (κ1) is 17.8. The number of nitrogens with zero attached hydrogens (tertiary/aromatic N) is 1. The van der Waals surface area contributed by atoms with Crippen LogP contribution < -0.4 is 10.5 Å². The number of amides is 1. The van der Waals surface area contributed by atoms with Crippen molar-refractivity contribution >= 4 is 5.91 Å². The third-order valence-electron chi connectivity index (χ3n) is 4.65. The van der Waals surface area contributed by atoms with Gasteiger partial charge in [0, 0.05) is 13.1 Å². The van der Waals surface area contributed by atoms with Crippen LogP contribution >= 0.6 is 0 Å². The zero-order valence-corrected chi connectivity index (χ0v) is 14.6. The van der Waals surface area contributed by atoms with Gasteiger partial charge in [0.2, 0.25) is 5.91 Å². The molecule has 1 fully saturated rings. The van der Waals surface area contributed by atoms with Gasteiger partial charge in [-0.3, -0.25) is 4.79 Å². The lowest BCUT2D eigenvalue weighted by molar-refractivity contribution is -0.134. The molecule has 2 rings (SSSR count). The molecule has 1 aliphatic heterocycles. The van der Waals surface area contributed by atoms with Crippen molar-refractivity contribution in [3.05, 3.63) is 29.8 Å². The van der Waals surface area contributed by atoms with E-state index in [0.29, 0.717) is 11.8 Å². The molecule has 2 N–H and O–H groups in total. The number of carbonyl (C=O) groups excluding carboxylic acids is 1. The second kappa shape index (κ2) is 8.34. The summed E-state index contributed by atoms with van der Waals surface area (Å²) in [5, 5.41) is 0. The first-order valence-corrected chi connectivity index (χ1v) is 8.67. The molecule has 1 aromatic carbocycles. The number of nitrogens with two attached hydrogens (primary N) is 1. The molecule has 0 unspecified atom stereocenters. The molecule has 1 amide bonds. The van der Waals surface area contributed by atoms with Crippen molar-refractivity contribution in [1.29, 1.82) is 0 Å². The molecule has 0 spiro atoms. The Kier molecular flexibility index (Phi) is 6.46. The first-order valence-electron chi connectivity index (χ1n) is 8.67. The molecule has 1 atom stereocenters. The highest BCUT2D eigenvalue weighted by atomic mass is 16.5. The van der Waals surface area contributed by atoms with E-state index in [1.54, 1.807) is 7.11 Å². The Morgan fingerprint density at radius 1 is 1.26 bits per heavy atom. The van der Waals surface area contributed by atoms with Gasteiger partial charge in [0.25, 0.3) is 0 Å². The van der Waals surface area contributed by atoms with Gasteiger partial charge in [0.15, 0.2) is 0 Å². The minimum atomic E-state index is -0.340. The number of rotatable bonds is 6. The van der Waals surface area contributed by atoms with Crippen LogP contribution in [0.25, 0.3) is 0 Å². The van der Waals surface area contributed by atoms with Crippen molar-refractivity contribution in [1.82, 2.24) is 4.90 Å². The van der Waals surface area contributed by atoms with Gasteiger partial charge in [-0.2, -0.15) is 0 Å². The number of benzene rings is 1. The molecular weight excluding hydrogens is 288 g/mol. The minimum absolute atomic E-state index is 0.126. The van der Waals surface area contributed by atoms with E-state index < -0.39 is 0 Å². The van der Waals surface area contributed by atoms with Gasteiger partial charge < -0.3 is 15.4 Å². The molecule has 4 nitrogen and oxygen atoms in total. The van der Waals surface area contributed by atoms with E-state index in [1.165, 1.54) is 5.56 Å². The molecule has 0 saturated carbocycles. The maximum Gasteiger partial charge on any atom is 0.239 e. The van der Waals surface area contributed by atoms with Crippen LogP contribution in [0.1, 0.15) is 38.7 Å². The zero-order valence-electron chi connectivity index (χ0n) is 14.6. The number of methoxy groups -OCH3 is 1. The van der Waals surface area contributed by atoms with E-state index in [0.717, 1.165) is 44.5 Å². The minimum Gasteiger partial charge on any atom is -0.497 e. The summed E-state index contributed by atoms with van der Waals surface area (Å²) in [5.41, 5.74) is 7.37. The molecule has 1 heterocycles. The summed E-state index contributed by atoms with van der Waals surface area (Å²) in [4.78, 5) is 14.3. The summed E-state index contributed by atoms with van der Waals surface area (Å²) in [7, 11) is 1.69. The number of carbonyl (C=O) groups is 1. The third-order valence-corrected chi connectivity index (χ3v) is 4.65. The van der Waals surface area contributed by atoms with Crippen LogP contribution in [0.15, 0.2) is 24.3 Å². The van der Waals surface area contributed by atoms with Crippen LogP contribution in [-0.2, 0) is 11.2 Å². The first-order chi connectivity index (χ1) is 11.0. The molecule has 23 heavy (non-hydrogen) atoms. The molecule has 0 aliphatic carbocycles. The van der Waals surface area contributed by atoms with Crippen LogP contribution in [0.4, 0.5) is 0 Å². The van der Waals surface area contributed by atoms with E-state index in [-0.39, 0.29) is 11.9 Å². The summed E-state index contributed by atoms with van der Waals surface area (Å²) in [6.07, 6.45) is 3.97. The summed E-state index contributed by atoms with van der Waals surface area (Å²) in [6, 6.07) is 7.95. The highest BCUT2D eigenvalue weighted by Gasteiger charge is 2.26. The molecule has 4 heteroatoms. The second-order valence-electron chi connectivity index (χ2n) is 7.06. The number of likely N-dealkylation sites (tertiary alicyclic amines) is 1. The van der Waals surface area contributed by atoms with Crippen LogP contribution in [0.5, 0.6) is 5.75 Å². The molecule has 128 valence electrons. The van der Waals surface area contributed by atoms with E-state index in [2.05, 4.69) is 26.0 Å². The van der Waals surface area contributed by atoms with Gasteiger partial charge in [-0.05, 0) is 55.2 Å². The predicted molar refractivity (Wildman–Crippen MR) is 93.4 cm³/mol. The fourth-order valence-corrected chi connectivity index (χ4v) is 3.30.